The molecule has 0 aromatic heterocycles. The second-order valence-electron chi connectivity index (χ2n) is 4.89. The van der Waals surface area contributed by atoms with Gasteiger partial charge in [0.15, 0.2) is 0 Å². The van der Waals surface area contributed by atoms with Crippen molar-refractivity contribution in [3.63, 3.8) is 0 Å². The van der Waals surface area contributed by atoms with Crippen molar-refractivity contribution in [3.8, 4) is 0 Å². The minimum Gasteiger partial charge on any atom is -0.383 e. The summed E-state index contributed by atoms with van der Waals surface area (Å²) in [6.45, 7) is 3.91. The topological polar surface area (TPSA) is 21.3 Å². The standard InChI is InChI=1S/C17H23NO/c1-3-18-16(13-19-2)12-11-15-9-6-8-14-7-4-5-10-17(14)15/h4-10,16,18H,3,11-13H2,1-2H3. The molecule has 1 unspecified atom stereocenters. The molecule has 2 nitrogen and oxygen atoms in total. The molecule has 0 saturated heterocycles. The molecule has 0 aliphatic carbocycles. The van der Waals surface area contributed by atoms with Crippen molar-refractivity contribution in [2.45, 2.75) is 25.8 Å². The summed E-state index contributed by atoms with van der Waals surface area (Å²) in [7, 11) is 1.77. The number of aryl methyl sites for hydroxylation is 1. The number of likely N-dealkylation sites (N-methyl/N-ethyl adjacent to an activating group) is 1. The van der Waals surface area contributed by atoms with Gasteiger partial charge >= 0.3 is 0 Å². The van der Waals surface area contributed by atoms with Crippen LogP contribution in [-0.2, 0) is 11.2 Å². The van der Waals surface area contributed by atoms with Crippen molar-refractivity contribution >= 4 is 10.8 Å². The van der Waals surface area contributed by atoms with Gasteiger partial charge in [0.25, 0.3) is 0 Å². The molecule has 2 aromatic rings. The molecule has 0 amide bonds. The molecule has 19 heavy (non-hydrogen) atoms. The maximum absolute atomic E-state index is 5.27. The molecular weight excluding hydrogens is 234 g/mol. The van der Waals surface area contributed by atoms with Crippen LogP contribution in [0.15, 0.2) is 42.5 Å². The Bertz CT molecular complexity index is 498. The fourth-order valence-corrected chi connectivity index (χ4v) is 2.57. The van der Waals surface area contributed by atoms with Crippen molar-refractivity contribution in [2.75, 3.05) is 20.3 Å². The zero-order chi connectivity index (χ0) is 13.5. The molecule has 2 aromatic carbocycles. The fourth-order valence-electron chi connectivity index (χ4n) is 2.57. The van der Waals surface area contributed by atoms with E-state index in [4.69, 9.17) is 4.74 Å². The Labute approximate surface area is 115 Å². The smallest absolute Gasteiger partial charge is 0.0615 e. The molecule has 102 valence electrons. The Balaban J connectivity index is 2.08. The second-order valence-corrected chi connectivity index (χ2v) is 4.89. The first-order valence-corrected chi connectivity index (χ1v) is 7.04. The maximum atomic E-state index is 5.27. The molecule has 0 spiro atoms. The lowest BCUT2D eigenvalue weighted by Crippen LogP contribution is -2.33. The van der Waals surface area contributed by atoms with E-state index in [1.165, 1.54) is 16.3 Å². The van der Waals surface area contributed by atoms with Crippen LogP contribution in [0.2, 0.25) is 0 Å². The van der Waals surface area contributed by atoms with Crippen LogP contribution >= 0.6 is 0 Å². The summed E-state index contributed by atoms with van der Waals surface area (Å²) >= 11 is 0. The number of fused-ring (bicyclic) bond motifs is 1. The molecule has 0 aliphatic heterocycles. The number of methoxy groups -OCH3 is 1. The number of benzene rings is 2. The van der Waals surface area contributed by atoms with Gasteiger partial charge in [0.05, 0.1) is 6.61 Å². The van der Waals surface area contributed by atoms with Crippen LogP contribution in [0.4, 0.5) is 0 Å². The van der Waals surface area contributed by atoms with E-state index in [-0.39, 0.29) is 0 Å². The normalized spacial score (nSPS) is 12.7. The van der Waals surface area contributed by atoms with Gasteiger partial charge in [-0.05, 0) is 35.7 Å². The summed E-state index contributed by atoms with van der Waals surface area (Å²) in [6.07, 6.45) is 2.19. The zero-order valence-corrected chi connectivity index (χ0v) is 11.9. The molecule has 1 N–H and O–H groups in total. The molecule has 2 rings (SSSR count). The van der Waals surface area contributed by atoms with Gasteiger partial charge in [0, 0.05) is 13.2 Å². The average Bonchev–Trinajstić information content (AvgIpc) is 2.45. The molecule has 0 fully saturated rings. The highest BCUT2D eigenvalue weighted by molar-refractivity contribution is 5.85. The third-order valence-electron chi connectivity index (χ3n) is 3.50. The maximum Gasteiger partial charge on any atom is 0.0615 e. The number of hydrogen-bond donors (Lipinski definition) is 1. The van der Waals surface area contributed by atoms with Crippen molar-refractivity contribution in [1.82, 2.24) is 5.32 Å². The van der Waals surface area contributed by atoms with Crippen LogP contribution in [0.25, 0.3) is 10.8 Å². The summed E-state index contributed by atoms with van der Waals surface area (Å²) in [5.74, 6) is 0. The predicted molar refractivity (Wildman–Crippen MR) is 81.6 cm³/mol. The Hall–Kier alpha value is -1.38. The van der Waals surface area contributed by atoms with Crippen molar-refractivity contribution < 1.29 is 4.74 Å². The summed E-state index contributed by atoms with van der Waals surface area (Å²) in [4.78, 5) is 0. The molecular formula is C17H23NO. The molecule has 0 saturated carbocycles. The van der Waals surface area contributed by atoms with Crippen molar-refractivity contribution in [2.24, 2.45) is 0 Å². The lowest BCUT2D eigenvalue weighted by Gasteiger charge is -2.17. The van der Waals surface area contributed by atoms with Crippen molar-refractivity contribution in [3.05, 3.63) is 48.0 Å². The molecule has 0 heterocycles. The summed E-state index contributed by atoms with van der Waals surface area (Å²) in [6, 6.07) is 15.6. The summed E-state index contributed by atoms with van der Waals surface area (Å²) in [5, 5.41) is 6.18. The largest absolute Gasteiger partial charge is 0.383 e. The summed E-state index contributed by atoms with van der Waals surface area (Å²) in [5.41, 5.74) is 1.43. The second kappa shape index (κ2) is 7.27. The molecule has 0 bridgehead atoms. The number of hydrogen-bond acceptors (Lipinski definition) is 2. The third-order valence-corrected chi connectivity index (χ3v) is 3.50. The van der Waals surface area contributed by atoms with Gasteiger partial charge < -0.3 is 10.1 Å². The highest BCUT2D eigenvalue weighted by Gasteiger charge is 2.08. The number of nitrogens with one attached hydrogen (secondary N) is 1. The molecule has 0 radical (unpaired) electrons. The van der Waals surface area contributed by atoms with Crippen molar-refractivity contribution in [1.29, 1.82) is 0 Å². The Kier molecular flexibility index (Phi) is 5.37. The van der Waals surface area contributed by atoms with E-state index in [9.17, 15) is 0 Å². The van der Waals surface area contributed by atoms with Gasteiger partial charge in [-0.25, -0.2) is 0 Å². The van der Waals surface area contributed by atoms with E-state index in [0.717, 1.165) is 26.0 Å². The van der Waals surface area contributed by atoms with E-state index < -0.39 is 0 Å². The summed E-state index contributed by atoms with van der Waals surface area (Å²) < 4.78 is 5.27. The van der Waals surface area contributed by atoms with Gasteiger partial charge in [-0.15, -0.1) is 0 Å². The lowest BCUT2D eigenvalue weighted by atomic mass is 9.99. The predicted octanol–water partition coefficient (Wildman–Crippen LogP) is 3.40. The van der Waals surface area contributed by atoms with Gasteiger partial charge in [0.2, 0.25) is 0 Å². The first-order valence-electron chi connectivity index (χ1n) is 7.04. The van der Waals surface area contributed by atoms with Gasteiger partial charge in [-0.1, -0.05) is 49.4 Å². The average molecular weight is 257 g/mol. The van der Waals surface area contributed by atoms with E-state index in [2.05, 4.69) is 54.7 Å². The van der Waals surface area contributed by atoms with Gasteiger partial charge in [0.1, 0.15) is 0 Å². The first kappa shape index (κ1) is 14.0. The molecule has 0 aliphatic rings. The van der Waals surface area contributed by atoms with Crippen LogP contribution in [0.5, 0.6) is 0 Å². The molecule has 2 heteroatoms. The highest BCUT2D eigenvalue weighted by atomic mass is 16.5. The minimum atomic E-state index is 0.439. The first-order chi connectivity index (χ1) is 9.35. The van der Waals surface area contributed by atoms with Crippen LogP contribution in [0.3, 0.4) is 0 Å². The Morgan fingerprint density at radius 3 is 2.68 bits per heavy atom. The van der Waals surface area contributed by atoms with Crippen LogP contribution in [-0.4, -0.2) is 26.3 Å². The van der Waals surface area contributed by atoms with E-state index in [1.54, 1.807) is 7.11 Å². The van der Waals surface area contributed by atoms with Gasteiger partial charge in [-0.3, -0.25) is 0 Å². The van der Waals surface area contributed by atoms with Gasteiger partial charge in [-0.2, -0.15) is 0 Å². The number of ether oxygens (including phenoxy) is 1. The van der Waals surface area contributed by atoms with E-state index in [0.29, 0.717) is 6.04 Å². The zero-order valence-electron chi connectivity index (χ0n) is 11.9. The third kappa shape index (κ3) is 3.79. The van der Waals surface area contributed by atoms with Crippen LogP contribution < -0.4 is 5.32 Å². The Morgan fingerprint density at radius 2 is 1.89 bits per heavy atom. The molecule has 1 atom stereocenters. The van der Waals surface area contributed by atoms with E-state index in [1.807, 2.05) is 0 Å². The quantitative estimate of drug-likeness (QED) is 0.821. The lowest BCUT2D eigenvalue weighted by molar-refractivity contribution is 0.163. The minimum absolute atomic E-state index is 0.439. The Morgan fingerprint density at radius 1 is 1.11 bits per heavy atom. The highest BCUT2D eigenvalue weighted by Crippen LogP contribution is 2.20. The fraction of sp³-hybridized carbons (Fsp3) is 0.412. The monoisotopic (exact) mass is 257 g/mol. The van der Waals surface area contributed by atoms with Crippen LogP contribution in [0.1, 0.15) is 18.9 Å². The van der Waals surface area contributed by atoms with Crippen LogP contribution in [0, 0.1) is 0 Å². The van der Waals surface area contributed by atoms with E-state index >= 15 is 0 Å². The number of rotatable bonds is 7. The SMILES string of the molecule is CCNC(CCc1cccc2ccccc12)COC.